The number of hydrogen-bond acceptors (Lipinski definition) is 6. The molecular formula is C22H20N6OS. The number of thioether (sulfide) groups is 1. The van der Waals surface area contributed by atoms with Crippen LogP contribution in [0.3, 0.4) is 0 Å². The first kappa shape index (κ1) is 18.7. The first-order valence-corrected chi connectivity index (χ1v) is 10.8. The largest absolute Gasteiger partial charge is 0.311 e. The Labute approximate surface area is 178 Å². The molecular weight excluding hydrogens is 396 g/mol. The Morgan fingerprint density at radius 3 is 2.80 bits per heavy atom. The van der Waals surface area contributed by atoms with Crippen LogP contribution in [0.4, 0.5) is 5.69 Å². The van der Waals surface area contributed by atoms with Crippen LogP contribution in [-0.4, -0.2) is 43.2 Å². The van der Waals surface area contributed by atoms with E-state index in [0.29, 0.717) is 16.2 Å². The van der Waals surface area contributed by atoms with Crippen LogP contribution >= 0.6 is 11.8 Å². The van der Waals surface area contributed by atoms with E-state index >= 15 is 0 Å². The van der Waals surface area contributed by atoms with E-state index in [1.54, 1.807) is 4.68 Å². The van der Waals surface area contributed by atoms with Crippen LogP contribution in [0.15, 0.2) is 59.9 Å². The van der Waals surface area contributed by atoms with Crippen molar-refractivity contribution in [2.24, 2.45) is 0 Å². The predicted octanol–water partition coefficient (Wildman–Crippen LogP) is 3.59. The Bertz CT molecular complexity index is 1220. The molecule has 2 aromatic carbocycles. The zero-order valence-electron chi connectivity index (χ0n) is 16.5. The highest BCUT2D eigenvalue weighted by molar-refractivity contribution is 8.00. The van der Waals surface area contributed by atoms with E-state index in [9.17, 15) is 4.79 Å². The molecule has 7 nitrogen and oxygen atoms in total. The standard InChI is InChI=1S/C22H20N6OS/c1-15-8-10-17(11-9-15)28-21-20(25-26-28)22(24-14-23-21)30-13-19(29)27-12-4-6-16-5-2-3-7-18(16)27/h2-3,5,7-11,14H,4,6,12-13H2,1H3. The molecule has 5 rings (SSSR count). The van der Waals surface area contributed by atoms with Gasteiger partial charge in [-0.3, -0.25) is 4.79 Å². The smallest absolute Gasteiger partial charge is 0.237 e. The summed E-state index contributed by atoms with van der Waals surface area (Å²) < 4.78 is 1.70. The number of benzene rings is 2. The molecule has 30 heavy (non-hydrogen) atoms. The highest BCUT2D eigenvalue weighted by Gasteiger charge is 2.23. The molecule has 0 saturated carbocycles. The molecule has 0 atom stereocenters. The topological polar surface area (TPSA) is 76.8 Å². The number of fused-ring (bicyclic) bond motifs is 2. The molecule has 1 aliphatic rings. The molecule has 0 spiro atoms. The van der Waals surface area contributed by atoms with Crippen LogP contribution in [0.25, 0.3) is 16.9 Å². The third-order valence-electron chi connectivity index (χ3n) is 5.23. The highest BCUT2D eigenvalue weighted by Crippen LogP contribution is 2.29. The molecule has 0 fully saturated rings. The molecule has 0 N–H and O–H groups in total. The average Bonchev–Trinajstić information content (AvgIpc) is 3.22. The van der Waals surface area contributed by atoms with Gasteiger partial charge in [0, 0.05) is 12.2 Å². The van der Waals surface area contributed by atoms with Crippen molar-refractivity contribution in [1.82, 2.24) is 25.0 Å². The Morgan fingerprint density at radius 1 is 1.10 bits per heavy atom. The van der Waals surface area contributed by atoms with Crippen molar-refractivity contribution in [2.75, 3.05) is 17.2 Å². The minimum atomic E-state index is 0.0739. The number of aromatic nitrogens is 5. The van der Waals surface area contributed by atoms with Crippen LogP contribution in [0, 0.1) is 6.92 Å². The highest BCUT2D eigenvalue weighted by atomic mass is 32.2. The monoisotopic (exact) mass is 416 g/mol. The second-order valence-corrected chi connectivity index (χ2v) is 8.22. The fourth-order valence-corrected chi connectivity index (χ4v) is 4.50. The zero-order valence-corrected chi connectivity index (χ0v) is 17.3. The van der Waals surface area contributed by atoms with E-state index < -0.39 is 0 Å². The molecule has 0 bridgehead atoms. The van der Waals surface area contributed by atoms with Crippen LogP contribution in [-0.2, 0) is 11.2 Å². The van der Waals surface area contributed by atoms with Crippen molar-refractivity contribution >= 4 is 34.5 Å². The van der Waals surface area contributed by atoms with Gasteiger partial charge in [0.05, 0.1) is 11.4 Å². The van der Waals surface area contributed by atoms with Gasteiger partial charge in [0.15, 0.2) is 11.2 Å². The number of anilines is 1. The number of nitrogens with zero attached hydrogens (tertiary/aromatic N) is 6. The van der Waals surface area contributed by atoms with E-state index in [2.05, 4.69) is 26.3 Å². The summed E-state index contributed by atoms with van der Waals surface area (Å²) in [4.78, 5) is 23.6. The number of rotatable bonds is 4. The van der Waals surface area contributed by atoms with E-state index in [0.717, 1.165) is 30.8 Å². The first-order valence-electron chi connectivity index (χ1n) is 9.85. The van der Waals surface area contributed by atoms with Crippen LogP contribution in [0.1, 0.15) is 17.5 Å². The second kappa shape index (κ2) is 7.87. The van der Waals surface area contributed by atoms with Crippen LogP contribution < -0.4 is 4.90 Å². The fourth-order valence-electron chi connectivity index (χ4n) is 3.69. The lowest BCUT2D eigenvalue weighted by atomic mass is 10.0. The molecule has 0 unspecified atom stereocenters. The normalized spacial score (nSPS) is 13.4. The van der Waals surface area contributed by atoms with Gasteiger partial charge in [0.2, 0.25) is 5.91 Å². The van der Waals surface area contributed by atoms with E-state index in [-0.39, 0.29) is 11.7 Å². The molecule has 0 saturated heterocycles. The molecule has 1 aliphatic heterocycles. The summed E-state index contributed by atoms with van der Waals surface area (Å²) in [5.74, 6) is 0.363. The van der Waals surface area contributed by atoms with Gasteiger partial charge < -0.3 is 4.90 Å². The quantitative estimate of drug-likeness (QED) is 0.374. The number of amides is 1. The van der Waals surface area contributed by atoms with Crippen molar-refractivity contribution in [2.45, 2.75) is 24.8 Å². The summed E-state index contributed by atoms with van der Waals surface area (Å²) in [5.41, 5.74) is 5.55. The van der Waals surface area contributed by atoms with Crippen molar-refractivity contribution in [3.8, 4) is 5.69 Å². The molecule has 4 aromatic rings. The van der Waals surface area contributed by atoms with E-state index in [4.69, 9.17) is 0 Å². The van der Waals surface area contributed by atoms with E-state index in [1.165, 1.54) is 29.2 Å². The summed E-state index contributed by atoms with van der Waals surface area (Å²) in [7, 11) is 0. The van der Waals surface area contributed by atoms with Gasteiger partial charge in [-0.25, -0.2) is 9.97 Å². The average molecular weight is 417 g/mol. The van der Waals surface area contributed by atoms with Gasteiger partial charge in [0.25, 0.3) is 0 Å². The molecule has 0 radical (unpaired) electrons. The summed E-state index contributed by atoms with van der Waals surface area (Å²) >= 11 is 1.38. The lowest BCUT2D eigenvalue weighted by Crippen LogP contribution is -2.36. The van der Waals surface area contributed by atoms with Crippen molar-refractivity contribution in [1.29, 1.82) is 0 Å². The molecule has 8 heteroatoms. The number of carbonyl (C=O) groups excluding carboxylic acids is 1. The van der Waals surface area contributed by atoms with Crippen LogP contribution in [0.2, 0.25) is 0 Å². The number of carbonyl (C=O) groups is 1. The van der Waals surface area contributed by atoms with Crippen molar-refractivity contribution in [3.05, 3.63) is 66.0 Å². The van der Waals surface area contributed by atoms with Crippen molar-refractivity contribution < 1.29 is 4.79 Å². The van der Waals surface area contributed by atoms with Gasteiger partial charge in [-0.15, -0.1) is 5.10 Å². The lowest BCUT2D eigenvalue weighted by Gasteiger charge is -2.29. The minimum Gasteiger partial charge on any atom is -0.311 e. The number of hydrogen-bond donors (Lipinski definition) is 0. The maximum Gasteiger partial charge on any atom is 0.237 e. The summed E-state index contributed by atoms with van der Waals surface area (Å²) in [6.07, 6.45) is 3.50. The molecule has 3 heterocycles. The number of aryl methyl sites for hydroxylation is 2. The SMILES string of the molecule is Cc1ccc(-n2nnc3c(SCC(=O)N4CCCc5ccccc54)ncnc32)cc1. The lowest BCUT2D eigenvalue weighted by molar-refractivity contribution is -0.116. The summed E-state index contributed by atoms with van der Waals surface area (Å²) in [6, 6.07) is 16.1. The Morgan fingerprint density at radius 2 is 1.93 bits per heavy atom. The minimum absolute atomic E-state index is 0.0739. The molecule has 150 valence electrons. The number of para-hydroxylation sites is 1. The van der Waals surface area contributed by atoms with Gasteiger partial charge in [-0.05, 0) is 43.5 Å². The Kier molecular flexibility index (Phi) is 4.92. The fraction of sp³-hybridized carbons (Fsp3) is 0.227. The molecule has 1 amide bonds. The maximum absolute atomic E-state index is 12.9. The van der Waals surface area contributed by atoms with Crippen LogP contribution in [0.5, 0.6) is 0 Å². The molecule has 0 aliphatic carbocycles. The maximum atomic E-state index is 12.9. The Hall–Kier alpha value is -3.26. The zero-order chi connectivity index (χ0) is 20.5. The summed E-state index contributed by atoms with van der Waals surface area (Å²) in [5, 5.41) is 9.21. The van der Waals surface area contributed by atoms with E-state index in [1.807, 2.05) is 54.3 Å². The van der Waals surface area contributed by atoms with Gasteiger partial charge in [0.1, 0.15) is 11.4 Å². The van der Waals surface area contributed by atoms with Gasteiger partial charge >= 0.3 is 0 Å². The second-order valence-electron chi connectivity index (χ2n) is 7.25. The van der Waals surface area contributed by atoms with Gasteiger partial charge in [-0.2, -0.15) is 4.68 Å². The summed E-state index contributed by atoms with van der Waals surface area (Å²) in [6.45, 7) is 2.79. The third kappa shape index (κ3) is 3.43. The van der Waals surface area contributed by atoms with Crippen molar-refractivity contribution in [3.63, 3.8) is 0 Å². The third-order valence-corrected chi connectivity index (χ3v) is 6.19. The Balaban J connectivity index is 1.38. The molecule has 2 aromatic heterocycles. The predicted molar refractivity (Wildman–Crippen MR) is 117 cm³/mol. The van der Waals surface area contributed by atoms with Gasteiger partial charge in [-0.1, -0.05) is 52.9 Å². The first-order chi connectivity index (χ1) is 14.7.